The fraction of sp³-hybridized carbons (Fsp3) is 0.500. The molecule has 2 atom stereocenters. The van der Waals surface area contributed by atoms with Crippen LogP contribution in [0.5, 0.6) is 0 Å². The summed E-state index contributed by atoms with van der Waals surface area (Å²) >= 11 is 10.1. The van der Waals surface area contributed by atoms with E-state index in [2.05, 4.69) is 15.9 Å². The van der Waals surface area contributed by atoms with Crippen LogP contribution in [0.2, 0.25) is 0 Å². The van der Waals surface area contributed by atoms with Gasteiger partial charge in [0.25, 0.3) is 0 Å². The van der Waals surface area contributed by atoms with Crippen LogP contribution in [0.3, 0.4) is 0 Å². The molecule has 1 fully saturated rings. The predicted molar refractivity (Wildman–Crippen MR) is 85.0 cm³/mol. The zero-order valence-corrected chi connectivity index (χ0v) is 14.1. The van der Waals surface area contributed by atoms with Crippen LogP contribution in [0, 0.1) is 0 Å². The third-order valence-corrected chi connectivity index (χ3v) is 5.06. The van der Waals surface area contributed by atoms with E-state index in [0.29, 0.717) is 19.8 Å². The van der Waals surface area contributed by atoms with Crippen molar-refractivity contribution >= 4 is 38.6 Å². The van der Waals surface area contributed by atoms with Crippen LogP contribution in [0.25, 0.3) is 11.0 Å². The molecule has 3 rings (SSSR count). The van der Waals surface area contributed by atoms with Crippen molar-refractivity contribution in [3.63, 3.8) is 0 Å². The number of rotatable bonds is 2. The van der Waals surface area contributed by atoms with Gasteiger partial charge in [-0.1, -0.05) is 15.9 Å². The number of aryl methyl sites for hydroxylation is 2. The van der Waals surface area contributed by atoms with E-state index in [-0.39, 0.29) is 17.2 Å². The molecule has 1 aromatic heterocycles. The predicted octanol–water partition coefficient (Wildman–Crippen LogP) is 2.33. The van der Waals surface area contributed by atoms with Crippen LogP contribution in [-0.4, -0.2) is 35.1 Å². The molecular weight excluding hydrogens is 360 g/mol. The number of nitrogens with zero attached hydrogens (tertiary/aromatic N) is 2. The van der Waals surface area contributed by atoms with Crippen LogP contribution in [0.1, 0.15) is 10.9 Å². The molecule has 2 unspecified atom stereocenters. The first-order valence-electron chi connectivity index (χ1n) is 6.69. The molecule has 2 heterocycles. The number of halogens is 2. The molecule has 0 bridgehead atoms. The second kappa shape index (κ2) is 5.76. The summed E-state index contributed by atoms with van der Waals surface area (Å²) in [4.78, 5) is 12.0. The summed E-state index contributed by atoms with van der Waals surface area (Å²) in [7, 11) is 3.51. The number of hydrogen-bond acceptors (Lipinski definition) is 3. The number of imidazole rings is 1. The molecule has 0 amide bonds. The Balaban J connectivity index is 2.08. The molecule has 2 aromatic rings. The average Bonchev–Trinajstić information content (AvgIpc) is 2.71. The maximum atomic E-state index is 12.0. The van der Waals surface area contributed by atoms with Gasteiger partial charge in [-0.3, -0.25) is 9.13 Å². The average molecular weight is 376 g/mol. The minimum Gasteiger partial charge on any atom is -0.376 e. The Labute approximate surface area is 135 Å². The van der Waals surface area contributed by atoms with Crippen molar-refractivity contribution in [1.82, 2.24) is 9.13 Å². The minimum absolute atomic E-state index is 0.0579. The second-order valence-electron chi connectivity index (χ2n) is 5.15. The van der Waals surface area contributed by atoms with Crippen LogP contribution < -0.4 is 5.69 Å². The molecular formula is C14H16BrClN2O3. The minimum atomic E-state index is -0.334. The fourth-order valence-corrected chi connectivity index (χ4v) is 3.66. The lowest BCUT2D eigenvalue weighted by Gasteiger charge is -2.27. The van der Waals surface area contributed by atoms with Gasteiger partial charge in [-0.15, -0.1) is 11.6 Å². The summed E-state index contributed by atoms with van der Waals surface area (Å²) < 4.78 is 15.2. The Hall–Kier alpha value is -0.820. The first-order valence-corrected chi connectivity index (χ1v) is 7.92. The monoisotopic (exact) mass is 374 g/mol. The highest BCUT2D eigenvalue weighted by molar-refractivity contribution is 9.10. The topological polar surface area (TPSA) is 45.4 Å². The summed E-state index contributed by atoms with van der Waals surface area (Å²) in [5, 5.41) is -0.334. The van der Waals surface area contributed by atoms with E-state index in [1.165, 1.54) is 0 Å². The lowest BCUT2D eigenvalue weighted by atomic mass is 10.1. The van der Waals surface area contributed by atoms with Gasteiger partial charge in [-0.2, -0.15) is 0 Å². The first-order chi connectivity index (χ1) is 10.0. The number of benzene rings is 1. The summed E-state index contributed by atoms with van der Waals surface area (Å²) in [6, 6.07) is 3.86. The molecule has 114 valence electrons. The SMILES string of the molecule is Cn1c(=O)n(C)c2cc(C(Cl)C3COCCO3)c(Br)cc21. The molecule has 21 heavy (non-hydrogen) atoms. The second-order valence-corrected chi connectivity index (χ2v) is 6.47. The number of hydrogen-bond donors (Lipinski definition) is 0. The van der Waals surface area contributed by atoms with Gasteiger partial charge in [0.15, 0.2) is 0 Å². The van der Waals surface area contributed by atoms with Gasteiger partial charge < -0.3 is 9.47 Å². The van der Waals surface area contributed by atoms with Crippen molar-refractivity contribution in [2.24, 2.45) is 14.1 Å². The molecule has 5 nitrogen and oxygen atoms in total. The summed E-state index contributed by atoms with van der Waals surface area (Å²) in [5.74, 6) is 0. The van der Waals surface area contributed by atoms with Gasteiger partial charge >= 0.3 is 5.69 Å². The molecule has 0 spiro atoms. The maximum Gasteiger partial charge on any atom is 0.328 e. The normalized spacial score (nSPS) is 20.9. The summed E-state index contributed by atoms with van der Waals surface area (Å²) in [5.41, 5.74) is 2.56. The highest BCUT2D eigenvalue weighted by Crippen LogP contribution is 2.35. The standard InChI is InChI=1S/C14H16BrClN2O3/c1-17-10-5-8(13(16)12-7-20-3-4-21-12)9(15)6-11(10)18(2)14(17)19/h5-6,12-13H,3-4,7H2,1-2H3. The molecule has 1 aromatic carbocycles. The Morgan fingerprint density at radius 3 is 2.57 bits per heavy atom. The van der Waals surface area contributed by atoms with E-state index >= 15 is 0 Å². The number of aromatic nitrogens is 2. The summed E-state index contributed by atoms with van der Waals surface area (Å²) in [6.45, 7) is 1.64. The highest BCUT2D eigenvalue weighted by Gasteiger charge is 2.27. The van der Waals surface area contributed by atoms with Gasteiger partial charge in [0, 0.05) is 18.6 Å². The van der Waals surface area contributed by atoms with Crippen molar-refractivity contribution in [2.45, 2.75) is 11.5 Å². The van der Waals surface area contributed by atoms with E-state index in [1.807, 2.05) is 12.1 Å². The molecule has 0 aliphatic carbocycles. The molecule has 0 radical (unpaired) electrons. The smallest absolute Gasteiger partial charge is 0.328 e. The van der Waals surface area contributed by atoms with Crippen LogP contribution in [0.15, 0.2) is 21.4 Å². The van der Waals surface area contributed by atoms with Gasteiger partial charge in [0.2, 0.25) is 0 Å². The van der Waals surface area contributed by atoms with E-state index in [9.17, 15) is 4.79 Å². The zero-order chi connectivity index (χ0) is 15.1. The lowest BCUT2D eigenvalue weighted by Crippen LogP contribution is -2.32. The van der Waals surface area contributed by atoms with Crippen molar-refractivity contribution < 1.29 is 9.47 Å². The molecule has 1 aliphatic rings. The third kappa shape index (κ3) is 2.54. The van der Waals surface area contributed by atoms with Crippen molar-refractivity contribution in [1.29, 1.82) is 0 Å². The molecule has 0 saturated carbocycles. The van der Waals surface area contributed by atoms with Crippen LogP contribution in [0.4, 0.5) is 0 Å². The number of alkyl halides is 1. The number of ether oxygens (including phenoxy) is 2. The first kappa shape index (κ1) is 15.1. The van der Waals surface area contributed by atoms with Crippen molar-refractivity contribution in [2.75, 3.05) is 19.8 Å². The molecule has 1 saturated heterocycles. The van der Waals surface area contributed by atoms with E-state index < -0.39 is 0 Å². The fourth-order valence-electron chi connectivity index (χ4n) is 2.62. The highest BCUT2D eigenvalue weighted by atomic mass is 79.9. The van der Waals surface area contributed by atoms with E-state index in [0.717, 1.165) is 21.1 Å². The maximum absolute atomic E-state index is 12.0. The Morgan fingerprint density at radius 1 is 1.29 bits per heavy atom. The van der Waals surface area contributed by atoms with Crippen LogP contribution in [-0.2, 0) is 23.6 Å². The van der Waals surface area contributed by atoms with Crippen molar-refractivity contribution in [3.05, 3.63) is 32.7 Å². The Morgan fingerprint density at radius 2 is 1.95 bits per heavy atom. The van der Waals surface area contributed by atoms with Gasteiger partial charge in [0.1, 0.15) is 6.10 Å². The molecule has 1 aliphatic heterocycles. The van der Waals surface area contributed by atoms with Gasteiger partial charge in [0.05, 0.1) is 36.2 Å². The summed E-state index contributed by atoms with van der Waals surface area (Å²) in [6.07, 6.45) is -0.185. The van der Waals surface area contributed by atoms with Gasteiger partial charge in [-0.25, -0.2) is 4.79 Å². The van der Waals surface area contributed by atoms with Gasteiger partial charge in [-0.05, 0) is 17.7 Å². The largest absolute Gasteiger partial charge is 0.376 e. The van der Waals surface area contributed by atoms with E-state index in [1.54, 1.807) is 23.2 Å². The quantitative estimate of drug-likeness (QED) is 0.757. The third-order valence-electron chi connectivity index (χ3n) is 3.86. The van der Waals surface area contributed by atoms with Crippen molar-refractivity contribution in [3.8, 4) is 0 Å². The van der Waals surface area contributed by atoms with E-state index in [4.69, 9.17) is 21.1 Å². The van der Waals surface area contributed by atoms with Crippen LogP contribution >= 0.6 is 27.5 Å². The lowest BCUT2D eigenvalue weighted by molar-refractivity contribution is -0.0892. The molecule has 7 heteroatoms. The number of fused-ring (bicyclic) bond motifs is 1. The zero-order valence-electron chi connectivity index (χ0n) is 11.8. The Kier molecular flexibility index (Phi) is 4.14. The Bertz CT molecular complexity index is 734. The molecule has 0 N–H and O–H groups in total.